The van der Waals surface area contributed by atoms with E-state index in [-0.39, 0.29) is 13.2 Å². The third-order valence-corrected chi connectivity index (χ3v) is 5.22. The topological polar surface area (TPSA) is 60.5 Å². The molecule has 5 nitrogen and oxygen atoms in total. The van der Waals surface area contributed by atoms with Gasteiger partial charge in [-0.1, -0.05) is 6.07 Å². The van der Waals surface area contributed by atoms with Crippen molar-refractivity contribution in [2.24, 2.45) is 5.92 Å². The van der Waals surface area contributed by atoms with Crippen LogP contribution >= 0.6 is 0 Å². The summed E-state index contributed by atoms with van der Waals surface area (Å²) in [5, 5.41) is 14.4. The van der Waals surface area contributed by atoms with Gasteiger partial charge in [-0.3, -0.25) is 0 Å². The second kappa shape index (κ2) is 9.62. The molecule has 1 aliphatic heterocycles. The molecule has 0 spiro atoms. The molecule has 1 saturated heterocycles. The summed E-state index contributed by atoms with van der Waals surface area (Å²) in [6.07, 6.45) is -1.83. The van der Waals surface area contributed by atoms with Gasteiger partial charge in [0.15, 0.2) is 0 Å². The van der Waals surface area contributed by atoms with E-state index in [1.807, 2.05) is 35.4 Å². The predicted octanol–water partition coefficient (Wildman–Crippen LogP) is 3.16. The molecule has 0 radical (unpaired) electrons. The maximum atomic E-state index is 12.3. The van der Waals surface area contributed by atoms with Gasteiger partial charge in [0.2, 0.25) is 0 Å². The largest absolute Gasteiger partial charge is 0.490 e. The van der Waals surface area contributed by atoms with E-state index in [0.29, 0.717) is 25.6 Å². The Bertz CT molecular complexity index is 727. The molecular formula is C20H28F3N3O2. The van der Waals surface area contributed by atoms with E-state index in [1.54, 1.807) is 0 Å². The third kappa shape index (κ3) is 6.39. The van der Waals surface area contributed by atoms with Crippen LogP contribution in [-0.4, -0.2) is 66.6 Å². The molecule has 1 aliphatic rings. The first-order chi connectivity index (χ1) is 13.4. The highest BCUT2D eigenvalue weighted by molar-refractivity contribution is 5.85. The number of hydrogen-bond acceptors (Lipinski definition) is 4. The Kier molecular flexibility index (Phi) is 7.20. The molecule has 1 aromatic heterocycles. The van der Waals surface area contributed by atoms with Crippen molar-refractivity contribution in [2.75, 3.05) is 39.3 Å². The van der Waals surface area contributed by atoms with E-state index in [2.05, 4.69) is 10.3 Å². The van der Waals surface area contributed by atoms with E-state index in [0.717, 1.165) is 36.0 Å². The minimum Gasteiger partial charge on any atom is -0.490 e. The third-order valence-electron chi connectivity index (χ3n) is 5.22. The maximum absolute atomic E-state index is 12.3. The number of aliphatic hydroxyl groups excluding tert-OH is 1. The van der Waals surface area contributed by atoms with Crippen LogP contribution in [-0.2, 0) is 0 Å². The van der Waals surface area contributed by atoms with Crippen LogP contribution in [0.15, 0.2) is 30.5 Å². The van der Waals surface area contributed by atoms with Gasteiger partial charge in [-0.15, -0.1) is 0 Å². The average molecular weight is 399 g/mol. The van der Waals surface area contributed by atoms with Crippen LogP contribution in [0.3, 0.4) is 0 Å². The Morgan fingerprint density at radius 1 is 1.25 bits per heavy atom. The lowest BCUT2D eigenvalue weighted by atomic mass is 9.96. The lowest BCUT2D eigenvalue weighted by Crippen LogP contribution is -2.40. The number of alkyl halides is 3. The quantitative estimate of drug-likeness (QED) is 0.606. The highest BCUT2D eigenvalue weighted by Gasteiger charge is 2.29. The zero-order valence-corrected chi connectivity index (χ0v) is 15.8. The molecule has 3 N–H and O–H groups in total. The summed E-state index contributed by atoms with van der Waals surface area (Å²) in [7, 11) is 0. The predicted molar refractivity (Wildman–Crippen MR) is 103 cm³/mol. The molecule has 2 heterocycles. The van der Waals surface area contributed by atoms with Gasteiger partial charge in [0.05, 0.1) is 6.42 Å². The molecule has 8 heteroatoms. The average Bonchev–Trinajstić information content (AvgIpc) is 3.14. The fourth-order valence-corrected chi connectivity index (χ4v) is 3.58. The summed E-state index contributed by atoms with van der Waals surface area (Å²) < 4.78 is 42.6. The van der Waals surface area contributed by atoms with Crippen molar-refractivity contribution in [3.05, 3.63) is 30.5 Å². The number of likely N-dealkylation sites (tertiary alicyclic amines) is 1. The number of aliphatic hydroxyl groups is 1. The van der Waals surface area contributed by atoms with E-state index in [4.69, 9.17) is 4.74 Å². The first-order valence-electron chi connectivity index (χ1n) is 9.77. The van der Waals surface area contributed by atoms with Gasteiger partial charge < -0.3 is 25.0 Å². The van der Waals surface area contributed by atoms with Gasteiger partial charge in [0, 0.05) is 30.2 Å². The van der Waals surface area contributed by atoms with Gasteiger partial charge in [0.1, 0.15) is 18.5 Å². The fraction of sp³-hybridized carbons (Fsp3) is 0.600. The number of hydrogen-bond donors (Lipinski definition) is 3. The van der Waals surface area contributed by atoms with Gasteiger partial charge >= 0.3 is 6.18 Å². The molecule has 0 unspecified atom stereocenters. The van der Waals surface area contributed by atoms with Crippen molar-refractivity contribution in [1.82, 2.24) is 15.2 Å². The molecule has 28 heavy (non-hydrogen) atoms. The number of rotatable bonds is 9. The summed E-state index contributed by atoms with van der Waals surface area (Å²) in [5.41, 5.74) is 0.992. The van der Waals surface area contributed by atoms with Crippen molar-refractivity contribution in [3.63, 3.8) is 0 Å². The fourth-order valence-electron chi connectivity index (χ4n) is 3.58. The Morgan fingerprint density at radius 2 is 2.04 bits per heavy atom. The Balaban J connectivity index is 1.30. The number of nitrogens with one attached hydrogen (secondary N) is 2. The lowest BCUT2D eigenvalue weighted by Gasteiger charge is -2.32. The Labute approximate surface area is 162 Å². The van der Waals surface area contributed by atoms with Crippen LogP contribution in [0.1, 0.15) is 19.3 Å². The van der Waals surface area contributed by atoms with Crippen molar-refractivity contribution < 1.29 is 23.0 Å². The van der Waals surface area contributed by atoms with E-state index >= 15 is 0 Å². The van der Waals surface area contributed by atoms with Crippen LogP contribution in [0.2, 0.25) is 0 Å². The van der Waals surface area contributed by atoms with Gasteiger partial charge in [-0.05, 0) is 56.6 Å². The number of H-pyrrole nitrogens is 1. The van der Waals surface area contributed by atoms with E-state index in [1.165, 1.54) is 0 Å². The number of benzene rings is 1. The molecule has 0 amide bonds. The smallest absolute Gasteiger partial charge is 0.390 e. The first kappa shape index (κ1) is 21.0. The number of aromatic nitrogens is 1. The minimum absolute atomic E-state index is 0.0909. The molecule has 2 aromatic rings. The summed E-state index contributed by atoms with van der Waals surface area (Å²) in [6.45, 7) is 2.89. The summed E-state index contributed by atoms with van der Waals surface area (Å²) in [5.74, 6) is 1.17. The van der Waals surface area contributed by atoms with Crippen LogP contribution in [0, 0.1) is 5.92 Å². The molecule has 156 valence electrons. The zero-order valence-electron chi connectivity index (χ0n) is 15.8. The number of ether oxygens (including phenoxy) is 1. The van der Waals surface area contributed by atoms with Crippen molar-refractivity contribution >= 4 is 10.9 Å². The Morgan fingerprint density at radius 3 is 2.79 bits per heavy atom. The minimum atomic E-state index is -4.08. The summed E-state index contributed by atoms with van der Waals surface area (Å²) >= 11 is 0. The van der Waals surface area contributed by atoms with Crippen LogP contribution < -0.4 is 10.1 Å². The van der Waals surface area contributed by atoms with E-state index in [9.17, 15) is 18.3 Å². The number of fused-ring (bicyclic) bond motifs is 1. The first-order valence-corrected chi connectivity index (χ1v) is 9.77. The molecule has 0 aliphatic carbocycles. The molecule has 3 rings (SSSR count). The summed E-state index contributed by atoms with van der Waals surface area (Å²) in [6, 6.07) is 7.69. The molecule has 0 saturated carbocycles. The molecule has 0 bridgehead atoms. The molecule has 1 atom stereocenters. The summed E-state index contributed by atoms with van der Waals surface area (Å²) in [4.78, 5) is 5.01. The van der Waals surface area contributed by atoms with Crippen molar-refractivity contribution in [1.29, 1.82) is 0 Å². The second-order valence-electron chi connectivity index (χ2n) is 7.47. The second-order valence-corrected chi connectivity index (χ2v) is 7.47. The maximum Gasteiger partial charge on any atom is 0.390 e. The molecule has 1 aromatic carbocycles. The molecule has 1 fully saturated rings. The van der Waals surface area contributed by atoms with Gasteiger partial charge in [-0.25, -0.2) is 0 Å². The van der Waals surface area contributed by atoms with E-state index < -0.39 is 18.7 Å². The van der Waals surface area contributed by atoms with Crippen molar-refractivity contribution in [2.45, 2.75) is 31.5 Å². The zero-order chi connectivity index (χ0) is 20.0. The van der Waals surface area contributed by atoms with Crippen molar-refractivity contribution in [3.8, 4) is 5.75 Å². The van der Waals surface area contributed by atoms with Gasteiger partial charge in [0.25, 0.3) is 0 Å². The number of nitrogens with zero attached hydrogens (tertiary/aromatic N) is 1. The molecular weight excluding hydrogens is 371 g/mol. The highest BCUT2D eigenvalue weighted by atomic mass is 19.4. The lowest BCUT2D eigenvalue weighted by molar-refractivity contribution is -0.138. The standard InChI is InChI=1S/C20H28F3N3O2/c21-20(22,23)7-11-26-9-5-15(6-10-26)12-24-13-16(27)14-28-19-3-1-2-18-17(19)4-8-25-18/h1-4,8,15-16,24-25,27H,5-7,9-14H2/t16-/m1/s1. The highest BCUT2D eigenvalue weighted by Crippen LogP contribution is 2.25. The van der Waals surface area contributed by atoms with Gasteiger partial charge in [-0.2, -0.15) is 13.2 Å². The van der Waals surface area contributed by atoms with Crippen LogP contribution in [0.25, 0.3) is 10.9 Å². The number of piperidine rings is 1. The normalized spacial score (nSPS) is 17.9. The Hall–Kier alpha value is -1.77. The monoisotopic (exact) mass is 399 g/mol. The van der Waals surface area contributed by atoms with Crippen LogP contribution in [0.4, 0.5) is 13.2 Å². The number of halogens is 3. The van der Waals surface area contributed by atoms with Crippen LogP contribution in [0.5, 0.6) is 5.75 Å². The number of aromatic amines is 1. The SMILES string of the molecule is O[C@H](CNCC1CCN(CCC(F)(F)F)CC1)COc1cccc2[nH]ccc12.